The Balaban J connectivity index is 1.78. The van der Waals surface area contributed by atoms with Gasteiger partial charge >= 0.3 is 0 Å². The normalized spacial score (nSPS) is 17.4. The molecule has 2 aliphatic heterocycles. The molecular formula is C23H27N3O2. The number of benzene rings is 1. The molecule has 2 aliphatic rings. The van der Waals surface area contributed by atoms with Crippen molar-refractivity contribution in [1.29, 1.82) is 0 Å². The molecule has 1 amide bonds. The predicted octanol–water partition coefficient (Wildman–Crippen LogP) is 3.51. The van der Waals surface area contributed by atoms with Crippen LogP contribution in [0.2, 0.25) is 0 Å². The highest BCUT2D eigenvalue weighted by Gasteiger charge is 2.37. The molecule has 0 bridgehead atoms. The number of nitrogens with one attached hydrogen (secondary N) is 1. The summed E-state index contributed by atoms with van der Waals surface area (Å²) in [6.07, 6.45) is 7.61. The first-order valence-corrected chi connectivity index (χ1v) is 10.1. The molecule has 5 heteroatoms. The molecule has 1 spiro atoms. The number of para-hydroxylation sites is 1. The lowest BCUT2D eigenvalue weighted by Gasteiger charge is -2.40. The van der Waals surface area contributed by atoms with E-state index in [1.807, 2.05) is 49.2 Å². The Morgan fingerprint density at radius 1 is 1.18 bits per heavy atom. The number of nitrogens with zero attached hydrogens (tertiary/aromatic N) is 2. The summed E-state index contributed by atoms with van der Waals surface area (Å²) < 4.78 is 6.45. The molecule has 0 radical (unpaired) electrons. The van der Waals surface area contributed by atoms with Gasteiger partial charge in [0.25, 0.3) is 5.91 Å². The van der Waals surface area contributed by atoms with Crippen molar-refractivity contribution in [2.45, 2.75) is 32.3 Å². The molecule has 1 N–H and O–H groups in total. The van der Waals surface area contributed by atoms with Gasteiger partial charge in [-0.15, -0.1) is 0 Å². The third-order valence-electron chi connectivity index (χ3n) is 5.69. The Kier molecular flexibility index (Phi) is 5.18. The Bertz CT molecular complexity index is 896. The number of aromatic nitrogens is 1. The van der Waals surface area contributed by atoms with Gasteiger partial charge in [-0.3, -0.25) is 9.78 Å². The standard InChI is InChI=1S/C23H27N3O2/c1-3-26(4-2)22(27)18-13-17(15-25-16-18)20-14-23(9-11-24-12-10-23)28-21-8-6-5-7-19(20)21/h5-8,13-16,24H,3-4,9-12H2,1-2H3. The van der Waals surface area contributed by atoms with E-state index in [4.69, 9.17) is 4.74 Å². The van der Waals surface area contributed by atoms with Gasteiger partial charge in [0.2, 0.25) is 0 Å². The summed E-state index contributed by atoms with van der Waals surface area (Å²) in [6.45, 7) is 7.24. The zero-order valence-electron chi connectivity index (χ0n) is 16.6. The molecule has 0 unspecified atom stereocenters. The number of ether oxygens (including phenoxy) is 1. The first kappa shape index (κ1) is 18.7. The Morgan fingerprint density at radius 3 is 2.68 bits per heavy atom. The lowest BCUT2D eigenvalue weighted by Crippen LogP contribution is -2.46. The fourth-order valence-corrected chi connectivity index (χ4v) is 4.10. The summed E-state index contributed by atoms with van der Waals surface area (Å²) in [6, 6.07) is 10.1. The summed E-state index contributed by atoms with van der Waals surface area (Å²) in [5.74, 6) is 0.930. The zero-order chi connectivity index (χ0) is 19.6. The number of piperidine rings is 1. The number of carbonyl (C=O) groups excluding carboxylic acids is 1. The molecule has 0 saturated carbocycles. The van der Waals surface area contributed by atoms with Gasteiger partial charge in [-0.2, -0.15) is 0 Å². The van der Waals surface area contributed by atoms with Crippen molar-refractivity contribution in [1.82, 2.24) is 15.2 Å². The van der Waals surface area contributed by atoms with E-state index in [-0.39, 0.29) is 11.5 Å². The van der Waals surface area contributed by atoms with Crippen LogP contribution in [-0.4, -0.2) is 47.6 Å². The smallest absolute Gasteiger partial charge is 0.255 e. The second-order valence-corrected chi connectivity index (χ2v) is 7.41. The van der Waals surface area contributed by atoms with Crippen LogP contribution < -0.4 is 10.1 Å². The van der Waals surface area contributed by atoms with Gasteiger partial charge in [0, 0.05) is 49.5 Å². The topological polar surface area (TPSA) is 54.5 Å². The third kappa shape index (κ3) is 3.42. The van der Waals surface area contributed by atoms with Crippen LogP contribution in [0.25, 0.3) is 5.57 Å². The largest absolute Gasteiger partial charge is 0.482 e. The average molecular weight is 377 g/mol. The van der Waals surface area contributed by atoms with Crippen LogP contribution >= 0.6 is 0 Å². The highest BCUT2D eigenvalue weighted by molar-refractivity contribution is 5.95. The highest BCUT2D eigenvalue weighted by Crippen LogP contribution is 2.42. The fraction of sp³-hybridized carbons (Fsp3) is 0.391. The van der Waals surface area contributed by atoms with Crippen LogP contribution in [0, 0.1) is 0 Å². The summed E-state index contributed by atoms with van der Waals surface area (Å²) in [5, 5.41) is 3.41. The van der Waals surface area contributed by atoms with Crippen LogP contribution in [0.5, 0.6) is 5.75 Å². The van der Waals surface area contributed by atoms with Gasteiger partial charge in [-0.25, -0.2) is 0 Å². The fourth-order valence-electron chi connectivity index (χ4n) is 4.10. The lowest BCUT2D eigenvalue weighted by molar-refractivity contribution is 0.0772. The number of amides is 1. The van der Waals surface area contributed by atoms with Crippen LogP contribution in [0.3, 0.4) is 0 Å². The van der Waals surface area contributed by atoms with Crippen molar-refractivity contribution in [2.75, 3.05) is 26.2 Å². The van der Waals surface area contributed by atoms with Gasteiger partial charge < -0.3 is 15.0 Å². The number of hydrogen-bond donors (Lipinski definition) is 1. The van der Waals surface area contributed by atoms with Crippen LogP contribution in [0.15, 0.2) is 48.8 Å². The Morgan fingerprint density at radius 2 is 1.93 bits per heavy atom. The molecule has 3 heterocycles. The van der Waals surface area contributed by atoms with Crippen LogP contribution in [0.4, 0.5) is 0 Å². The number of pyridine rings is 1. The second-order valence-electron chi connectivity index (χ2n) is 7.41. The molecule has 5 nitrogen and oxygen atoms in total. The average Bonchev–Trinajstić information content (AvgIpc) is 2.74. The molecule has 1 fully saturated rings. The predicted molar refractivity (Wildman–Crippen MR) is 110 cm³/mol. The van der Waals surface area contributed by atoms with E-state index in [9.17, 15) is 4.79 Å². The second kappa shape index (κ2) is 7.76. The summed E-state index contributed by atoms with van der Waals surface area (Å²) in [5.41, 5.74) is 3.46. The molecular weight excluding hydrogens is 350 g/mol. The highest BCUT2D eigenvalue weighted by atomic mass is 16.5. The molecule has 146 valence electrons. The maximum absolute atomic E-state index is 12.8. The number of rotatable bonds is 4. The van der Waals surface area contributed by atoms with E-state index in [1.165, 1.54) is 0 Å². The lowest BCUT2D eigenvalue weighted by atomic mass is 9.83. The third-order valence-corrected chi connectivity index (χ3v) is 5.69. The molecule has 1 aromatic heterocycles. The van der Waals surface area contributed by atoms with Crippen molar-refractivity contribution in [3.05, 3.63) is 65.5 Å². The molecule has 4 rings (SSSR count). The minimum absolute atomic E-state index is 0.0249. The molecule has 2 aromatic rings. The quantitative estimate of drug-likeness (QED) is 0.886. The van der Waals surface area contributed by atoms with Crippen molar-refractivity contribution >= 4 is 11.5 Å². The minimum atomic E-state index is -0.298. The van der Waals surface area contributed by atoms with E-state index < -0.39 is 0 Å². The minimum Gasteiger partial charge on any atom is -0.482 e. The van der Waals surface area contributed by atoms with E-state index >= 15 is 0 Å². The van der Waals surface area contributed by atoms with Gasteiger partial charge in [-0.05, 0) is 50.7 Å². The number of fused-ring (bicyclic) bond motifs is 1. The molecule has 1 saturated heterocycles. The van der Waals surface area contributed by atoms with Crippen LogP contribution in [0.1, 0.15) is 48.2 Å². The van der Waals surface area contributed by atoms with Crippen LogP contribution in [-0.2, 0) is 0 Å². The Labute approximate surface area is 166 Å². The summed E-state index contributed by atoms with van der Waals surface area (Å²) >= 11 is 0. The van der Waals surface area contributed by atoms with Crippen molar-refractivity contribution in [3.8, 4) is 5.75 Å². The van der Waals surface area contributed by atoms with E-state index in [1.54, 1.807) is 6.20 Å². The maximum Gasteiger partial charge on any atom is 0.255 e. The van der Waals surface area contributed by atoms with Gasteiger partial charge in [0.05, 0.1) is 5.56 Å². The van der Waals surface area contributed by atoms with Crippen molar-refractivity contribution in [3.63, 3.8) is 0 Å². The van der Waals surface area contributed by atoms with E-state index in [2.05, 4.69) is 22.4 Å². The molecule has 0 aliphatic carbocycles. The first-order chi connectivity index (χ1) is 13.7. The first-order valence-electron chi connectivity index (χ1n) is 10.1. The summed E-state index contributed by atoms with van der Waals surface area (Å²) in [4.78, 5) is 19.0. The van der Waals surface area contributed by atoms with E-state index in [0.29, 0.717) is 18.7 Å². The number of hydrogen-bond acceptors (Lipinski definition) is 4. The van der Waals surface area contributed by atoms with Crippen molar-refractivity contribution < 1.29 is 9.53 Å². The van der Waals surface area contributed by atoms with Gasteiger partial charge in [-0.1, -0.05) is 18.2 Å². The monoisotopic (exact) mass is 377 g/mol. The maximum atomic E-state index is 12.8. The van der Waals surface area contributed by atoms with Gasteiger partial charge in [0.1, 0.15) is 11.4 Å². The Hall–Kier alpha value is -2.66. The van der Waals surface area contributed by atoms with E-state index in [0.717, 1.165) is 48.4 Å². The SMILES string of the molecule is CCN(CC)C(=O)c1cncc(C2=CC3(CCNCC3)Oc3ccccc32)c1. The zero-order valence-corrected chi connectivity index (χ0v) is 16.6. The molecule has 1 aromatic carbocycles. The summed E-state index contributed by atoms with van der Waals surface area (Å²) in [7, 11) is 0. The van der Waals surface area contributed by atoms with Gasteiger partial charge in [0.15, 0.2) is 0 Å². The van der Waals surface area contributed by atoms with Crippen molar-refractivity contribution in [2.24, 2.45) is 0 Å². The number of carbonyl (C=O) groups is 1. The molecule has 0 atom stereocenters. The molecule has 28 heavy (non-hydrogen) atoms.